The van der Waals surface area contributed by atoms with E-state index in [-0.39, 0.29) is 30.1 Å². The number of amides is 1. The number of aryl methyl sites for hydroxylation is 2. The normalized spacial score (nSPS) is 14.2. The third kappa shape index (κ3) is 4.47. The number of imidazole rings is 1. The van der Waals surface area contributed by atoms with E-state index in [1.54, 1.807) is 54.9 Å². The van der Waals surface area contributed by atoms with Crippen LogP contribution in [0.15, 0.2) is 58.3 Å². The molecule has 3 aromatic rings. The molecule has 1 saturated carbocycles. The van der Waals surface area contributed by atoms with Crippen LogP contribution >= 0.6 is 0 Å². The van der Waals surface area contributed by atoms with Crippen LogP contribution < -0.4 is 5.32 Å². The predicted molar refractivity (Wildman–Crippen MR) is 110 cm³/mol. The summed E-state index contributed by atoms with van der Waals surface area (Å²) < 4.78 is 34.9. The first-order valence-corrected chi connectivity index (χ1v) is 11.2. The summed E-state index contributed by atoms with van der Waals surface area (Å²) in [6, 6.07) is 10.7. The monoisotopic (exact) mass is 428 g/mol. The number of sulfonamides is 1. The van der Waals surface area contributed by atoms with E-state index < -0.39 is 10.0 Å². The molecule has 0 spiro atoms. The van der Waals surface area contributed by atoms with Crippen LogP contribution in [-0.2, 0) is 30.2 Å². The maximum Gasteiger partial charge on any atom is 0.262 e. The van der Waals surface area contributed by atoms with E-state index in [1.165, 1.54) is 16.8 Å². The highest BCUT2D eigenvalue weighted by molar-refractivity contribution is 7.89. The van der Waals surface area contributed by atoms with Crippen molar-refractivity contribution in [3.8, 4) is 0 Å². The van der Waals surface area contributed by atoms with Crippen LogP contribution in [0.2, 0.25) is 0 Å². The first-order valence-electron chi connectivity index (χ1n) is 9.75. The molecule has 1 aromatic carbocycles. The van der Waals surface area contributed by atoms with Gasteiger partial charge in [-0.05, 0) is 49.6 Å². The van der Waals surface area contributed by atoms with Gasteiger partial charge in [-0.3, -0.25) is 4.79 Å². The van der Waals surface area contributed by atoms with Gasteiger partial charge < -0.3 is 14.3 Å². The lowest BCUT2D eigenvalue weighted by molar-refractivity contribution is 0.0951. The van der Waals surface area contributed by atoms with Crippen LogP contribution in [0.25, 0.3) is 0 Å². The van der Waals surface area contributed by atoms with Gasteiger partial charge in [0.2, 0.25) is 0 Å². The van der Waals surface area contributed by atoms with Gasteiger partial charge in [-0.2, -0.15) is 4.31 Å². The van der Waals surface area contributed by atoms with Gasteiger partial charge in [0.25, 0.3) is 15.9 Å². The van der Waals surface area contributed by atoms with Crippen molar-refractivity contribution < 1.29 is 17.6 Å². The third-order valence-electron chi connectivity index (χ3n) is 5.09. The molecule has 1 aliphatic carbocycles. The predicted octanol–water partition coefficient (Wildman–Crippen LogP) is 2.60. The highest BCUT2D eigenvalue weighted by Gasteiger charge is 2.29. The van der Waals surface area contributed by atoms with E-state index in [1.807, 2.05) is 0 Å². The molecule has 1 fully saturated rings. The zero-order chi connectivity index (χ0) is 21.3. The highest BCUT2D eigenvalue weighted by Crippen LogP contribution is 2.22. The standard InChI is InChI=1S/C21H24N4O4S/c1-15-22-20(14-24(15)2)30(27,28)25(13-19-4-3-11-29-19)12-16-5-7-17(8-6-16)21(26)23-18-9-10-18/h3-8,11,14,18H,9-10,12-13H2,1-2H3,(H,23,26). The number of carbonyl (C=O) groups excluding carboxylic acids is 1. The summed E-state index contributed by atoms with van der Waals surface area (Å²) in [6.07, 6.45) is 5.07. The Morgan fingerprint density at radius 3 is 2.53 bits per heavy atom. The minimum Gasteiger partial charge on any atom is -0.468 e. The van der Waals surface area contributed by atoms with Crippen molar-refractivity contribution in [1.29, 1.82) is 0 Å². The number of aromatic nitrogens is 2. The molecule has 8 nitrogen and oxygen atoms in total. The van der Waals surface area contributed by atoms with E-state index in [9.17, 15) is 13.2 Å². The molecule has 0 bridgehead atoms. The molecule has 1 amide bonds. The summed E-state index contributed by atoms with van der Waals surface area (Å²) in [5, 5.41) is 2.94. The van der Waals surface area contributed by atoms with E-state index in [4.69, 9.17) is 4.42 Å². The maximum atomic E-state index is 13.3. The van der Waals surface area contributed by atoms with Gasteiger partial charge in [0.15, 0.2) is 5.03 Å². The molecule has 2 aromatic heterocycles. The van der Waals surface area contributed by atoms with Crippen molar-refractivity contribution in [2.75, 3.05) is 0 Å². The Balaban J connectivity index is 1.57. The average molecular weight is 429 g/mol. The minimum atomic E-state index is -3.85. The summed E-state index contributed by atoms with van der Waals surface area (Å²) >= 11 is 0. The van der Waals surface area contributed by atoms with Crippen molar-refractivity contribution in [1.82, 2.24) is 19.2 Å². The number of hydrogen-bond acceptors (Lipinski definition) is 5. The van der Waals surface area contributed by atoms with Gasteiger partial charge in [0.1, 0.15) is 11.6 Å². The number of benzene rings is 1. The van der Waals surface area contributed by atoms with E-state index in [2.05, 4.69) is 10.3 Å². The molecule has 0 unspecified atom stereocenters. The third-order valence-corrected chi connectivity index (χ3v) is 6.75. The molecule has 0 atom stereocenters. The Kier molecular flexibility index (Phi) is 5.48. The van der Waals surface area contributed by atoms with Crippen molar-refractivity contribution in [3.63, 3.8) is 0 Å². The number of carbonyl (C=O) groups is 1. The second-order valence-corrected chi connectivity index (χ2v) is 9.42. The molecular weight excluding hydrogens is 404 g/mol. The van der Waals surface area contributed by atoms with Crippen molar-refractivity contribution in [3.05, 3.63) is 71.6 Å². The topological polar surface area (TPSA) is 97.4 Å². The summed E-state index contributed by atoms with van der Waals surface area (Å²) in [6.45, 7) is 1.96. The highest BCUT2D eigenvalue weighted by atomic mass is 32.2. The van der Waals surface area contributed by atoms with Crippen LogP contribution in [-0.4, -0.2) is 34.2 Å². The smallest absolute Gasteiger partial charge is 0.262 e. The van der Waals surface area contributed by atoms with Crippen LogP contribution in [0.3, 0.4) is 0 Å². The fourth-order valence-corrected chi connectivity index (χ4v) is 4.47. The summed E-state index contributed by atoms with van der Waals surface area (Å²) in [5.41, 5.74) is 1.33. The molecule has 1 N–H and O–H groups in total. The maximum absolute atomic E-state index is 13.3. The van der Waals surface area contributed by atoms with Crippen LogP contribution in [0.1, 0.15) is 40.3 Å². The molecule has 2 heterocycles. The minimum absolute atomic E-state index is 0.00510. The Morgan fingerprint density at radius 1 is 1.23 bits per heavy atom. The number of rotatable bonds is 8. The van der Waals surface area contributed by atoms with Gasteiger partial charge >= 0.3 is 0 Å². The van der Waals surface area contributed by atoms with Crippen molar-refractivity contribution in [2.45, 2.75) is 43.9 Å². The fourth-order valence-electron chi connectivity index (χ4n) is 3.05. The quantitative estimate of drug-likeness (QED) is 0.595. The second-order valence-electron chi connectivity index (χ2n) is 7.53. The molecule has 9 heteroatoms. The van der Waals surface area contributed by atoms with Gasteiger partial charge in [0.05, 0.1) is 12.8 Å². The lowest BCUT2D eigenvalue weighted by atomic mass is 10.1. The Hall–Kier alpha value is -2.91. The van der Waals surface area contributed by atoms with Crippen LogP contribution in [0, 0.1) is 6.92 Å². The van der Waals surface area contributed by atoms with Crippen LogP contribution in [0.5, 0.6) is 0 Å². The SMILES string of the molecule is Cc1nc(S(=O)(=O)N(Cc2ccc(C(=O)NC3CC3)cc2)Cc2ccco2)cn1C. The van der Waals surface area contributed by atoms with E-state index in [0.717, 1.165) is 18.4 Å². The van der Waals surface area contributed by atoms with Gasteiger partial charge in [-0.15, -0.1) is 0 Å². The van der Waals surface area contributed by atoms with Crippen molar-refractivity contribution in [2.24, 2.45) is 7.05 Å². The second kappa shape index (κ2) is 8.08. The van der Waals surface area contributed by atoms with Gasteiger partial charge in [-0.1, -0.05) is 12.1 Å². The molecule has 1 aliphatic rings. The molecule has 0 saturated heterocycles. The molecule has 158 valence electrons. The number of hydrogen-bond donors (Lipinski definition) is 1. The Morgan fingerprint density at radius 2 is 1.97 bits per heavy atom. The molecule has 4 rings (SSSR count). The van der Waals surface area contributed by atoms with Crippen molar-refractivity contribution >= 4 is 15.9 Å². The molecule has 0 radical (unpaired) electrons. The zero-order valence-electron chi connectivity index (χ0n) is 16.9. The first kappa shape index (κ1) is 20.4. The first-order chi connectivity index (χ1) is 14.3. The van der Waals surface area contributed by atoms with Gasteiger partial charge in [-0.25, -0.2) is 13.4 Å². The lowest BCUT2D eigenvalue weighted by Crippen LogP contribution is -2.30. The largest absolute Gasteiger partial charge is 0.468 e. The number of furan rings is 1. The summed E-state index contributed by atoms with van der Waals surface area (Å²) in [5.74, 6) is 1.04. The summed E-state index contributed by atoms with van der Waals surface area (Å²) in [7, 11) is -2.10. The molecule has 0 aliphatic heterocycles. The van der Waals surface area contributed by atoms with E-state index >= 15 is 0 Å². The lowest BCUT2D eigenvalue weighted by Gasteiger charge is -2.20. The number of nitrogens with one attached hydrogen (secondary N) is 1. The number of nitrogens with zero attached hydrogens (tertiary/aromatic N) is 3. The van der Waals surface area contributed by atoms with Gasteiger partial charge in [0, 0.05) is 31.4 Å². The van der Waals surface area contributed by atoms with Crippen LogP contribution in [0.4, 0.5) is 0 Å². The Bertz CT molecular complexity index is 1110. The average Bonchev–Trinajstić information content (AvgIpc) is 3.24. The fraction of sp³-hybridized carbons (Fsp3) is 0.333. The Labute approximate surface area is 175 Å². The summed E-state index contributed by atoms with van der Waals surface area (Å²) in [4.78, 5) is 16.4. The van der Waals surface area contributed by atoms with E-state index in [0.29, 0.717) is 17.1 Å². The zero-order valence-corrected chi connectivity index (χ0v) is 17.7. The molecular formula is C21H24N4O4S. The molecule has 30 heavy (non-hydrogen) atoms.